The highest BCUT2D eigenvalue weighted by molar-refractivity contribution is 9.10. The Morgan fingerprint density at radius 2 is 2.05 bits per heavy atom. The van der Waals surface area contributed by atoms with Gasteiger partial charge in [-0.15, -0.1) is 0 Å². The topological polar surface area (TPSA) is 34.2 Å². The van der Waals surface area contributed by atoms with Gasteiger partial charge >= 0.3 is 0 Å². The lowest BCUT2D eigenvalue weighted by atomic mass is 10.0. The average Bonchev–Trinajstić information content (AvgIpc) is 3.01. The summed E-state index contributed by atoms with van der Waals surface area (Å²) in [5, 5.41) is 4.39. The first kappa shape index (κ1) is 13.7. The van der Waals surface area contributed by atoms with Crippen molar-refractivity contribution in [3.05, 3.63) is 28.4 Å². The van der Waals surface area contributed by atoms with E-state index >= 15 is 0 Å². The lowest BCUT2D eigenvalue weighted by molar-refractivity contribution is 0.418. The highest BCUT2D eigenvalue weighted by Gasteiger charge is 2.21. The van der Waals surface area contributed by atoms with Crippen molar-refractivity contribution in [3.8, 4) is 5.75 Å². The molecule has 2 aromatic rings. The number of ether oxygens (including phenoxy) is 1. The van der Waals surface area contributed by atoms with Gasteiger partial charge in [-0.25, -0.2) is 4.98 Å². The molecule has 1 aliphatic rings. The number of nitrogens with zero attached hydrogens (tertiary/aromatic N) is 1. The number of hydrogen-bond acceptors (Lipinski definition) is 3. The van der Waals surface area contributed by atoms with Gasteiger partial charge in [-0.2, -0.15) is 0 Å². The van der Waals surface area contributed by atoms with Crippen LogP contribution < -0.4 is 10.1 Å². The summed E-state index contributed by atoms with van der Waals surface area (Å²) in [5.41, 5.74) is 3.24. The molecule has 0 atom stereocenters. The SMILES string of the molecule is CNc1cc(C2CCCC2)nc2c(OC)ccc(Br)c12. The minimum absolute atomic E-state index is 0.593. The van der Waals surface area contributed by atoms with Crippen molar-refractivity contribution in [2.75, 3.05) is 19.5 Å². The molecule has 0 saturated heterocycles. The van der Waals surface area contributed by atoms with Crippen molar-refractivity contribution >= 4 is 32.5 Å². The van der Waals surface area contributed by atoms with E-state index in [2.05, 4.69) is 27.3 Å². The number of fused-ring (bicyclic) bond motifs is 1. The highest BCUT2D eigenvalue weighted by Crippen LogP contribution is 2.40. The number of halogens is 1. The molecule has 1 aromatic carbocycles. The molecular weight excluding hydrogens is 316 g/mol. The van der Waals surface area contributed by atoms with Gasteiger partial charge in [0, 0.05) is 34.2 Å². The monoisotopic (exact) mass is 334 g/mol. The Balaban J connectivity index is 2.25. The fourth-order valence-corrected chi connectivity index (χ4v) is 3.62. The number of benzene rings is 1. The molecule has 1 aliphatic carbocycles. The zero-order chi connectivity index (χ0) is 14.1. The smallest absolute Gasteiger partial charge is 0.145 e. The number of rotatable bonds is 3. The van der Waals surface area contributed by atoms with Gasteiger partial charge in [-0.3, -0.25) is 0 Å². The summed E-state index contributed by atoms with van der Waals surface area (Å²) in [6.45, 7) is 0. The van der Waals surface area contributed by atoms with Crippen LogP contribution >= 0.6 is 15.9 Å². The summed E-state index contributed by atoms with van der Waals surface area (Å²) in [6, 6.07) is 6.18. The van der Waals surface area contributed by atoms with Gasteiger partial charge in [0.05, 0.1) is 7.11 Å². The third-order valence-corrected chi connectivity index (χ3v) is 4.82. The number of methoxy groups -OCH3 is 1. The molecule has 0 radical (unpaired) electrons. The standard InChI is InChI=1S/C16H19BrN2O/c1-18-13-9-12(10-5-3-4-6-10)19-16-14(20-2)8-7-11(17)15(13)16/h7-10H,3-6H2,1-2H3,(H,18,19). The van der Waals surface area contributed by atoms with Crippen molar-refractivity contribution in [3.63, 3.8) is 0 Å². The normalized spacial score (nSPS) is 15.8. The molecule has 1 aromatic heterocycles. The number of hydrogen-bond donors (Lipinski definition) is 1. The second-order valence-electron chi connectivity index (χ2n) is 5.30. The van der Waals surface area contributed by atoms with E-state index in [-0.39, 0.29) is 0 Å². The van der Waals surface area contributed by atoms with Gasteiger partial charge in [-0.05, 0) is 31.0 Å². The Kier molecular flexibility index (Phi) is 3.83. The Morgan fingerprint density at radius 3 is 2.70 bits per heavy atom. The maximum absolute atomic E-state index is 5.49. The van der Waals surface area contributed by atoms with Gasteiger partial charge in [0.25, 0.3) is 0 Å². The maximum Gasteiger partial charge on any atom is 0.145 e. The number of aromatic nitrogens is 1. The fraction of sp³-hybridized carbons (Fsp3) is 0.438. The van der Waals surface area contributed by atoms with Crippen LogP contribution in [0.25, 0.3) is 10.9 Å². The quantitative estimate of drug-likeness (QED) is 0.882. The summed E-state index contributed by atoms with van der Waals surface area (Å²) >= 11 is 3.62. The van der Waals surface area contributed by atoms with Crippen LogP contribution in [-0.4, -0.2) is 19.1 Å². The molecule has 3 nitrogen and oxygen atoms in total. The first-order valence-corrected chi connectivity index (χ1v) is 7.88. The van der Waals surface area contributed by atoms with Gasteiger partial charge in [0.2, 0.25) is 0 Å². The Hall–Kier alpha value is -1.29. The van der Waals surface area contributed by atoms with Gasteiger partial charge < -0.3 is 10.1 Å². The van der Waals surface area contributed by atoms with Crippen LogP contribution in [0.5, 0.6) is 5.75 Å². The molecule has 0 amide bonds. The van der Waals surface area contributed by atoms with Gasteiger partial charge in [0.1, 0.15) is 11.3 Å². The average molecular weight is 335 g/mol. The zero-order valence-electron chi connectivity index (χ0n) is 11.9. The second-order valence-corrected chi connectivity index (χ2v) is 6.15. The van der Waals surface area contributed by atoms with Gasteiger partial charge in [-0.1, -0.05) is 28.8 Å². The van der Waals surface area contributed by atoms with E-state index in [0.717, 1.165) is 26.8 Å². The van der Waals surface area contributed by atoms with Crippen molar-refractivity contribution in [2.24, 2.45) is 0 Å². The third kappa shape index (κ3) is 2.26. The van der Waals surface area contributed by atoms with E-state index in [1.807, 2.05) is 19.2 Å². The first-order chi connectivity index (χ1) is 9.74. The summed E-state index contributed by atoms with van der Waals surface area (Å²) in [4.78, 5) is 4.90. The molecule has 0 spiro atoms. The van der Waals surface area contributed by atoms with Crippen molar-refractivity contribution in [2.45, 2.75) is 31.6 Å². The molecular formula is C16H19BrN2O. The molecule has 0 bridgehead atoms. The summed E-state index contributed by atoms with van der Waals surface area (Å²) in [6.07, 6.45) is 5.12. The van der Waals surface area contributed by atoms with E-state index in [1.54, 1.807) is 7.11 Å². The van der Waals surface area contributed by atoms with Crippen LogP contribution in [0.15, 0.2) is 22.7 Å². The lowest BCUT2D eigenvalue weighted by Crippen LogP contribution is -2.02. The summed E-state index contributed by atoms with van der Waals surface area (Å²) < 4.78 is 6.53. The van der Waals surface area contributed by atoms with E-state index < -0.39 is 0 Å². The predicted molar refractivity (Wildman–Crippen MR) is 86.8 cm³/mol. The Morgan fingerprint density at radius 1 is 1.30 bits per heavy atom. The van der Waals surface area contributed by atoms with Crippen LogP contribution in [-0.2, 0) is 0 Å². The number of nitrogens with one attached hydrogen (secondary N) is 1. The molecule has 1 fully saturated rings. The minimum Gasteiger partial charge on any atom is -0.494 e. The van der Waals surface area contributed by atoms with Crippen molar-refractivity contribution < 1.29 is 4.74 Å². The number of pyridine rings is 1. The highest BCUT2D eigenvalue weighted by atomic mass is 79.9. The third-order valence-electron chi connectivity index (χ3n) is 4.16. The van der Waals surface area contributed by atoms with Crippen molar-refractivity contribution in [1.29, 1.82) is 0 Å². The molecule has 1 heterocycles. The molecule has 106 valence electrons. The maximum atomic E-state index is 5.49. The largest absolute Gasteiger partial charge is 0.494 e. The zero-order valence-corrected chi connectivity index (χ0v) is 13.5. The van der Waals surface area contributed by atoms with Crippen LogP contribution in [0.3, 0.4) is 0 Å². The molecule has 4 heteroatoms. The molecule has 3 rings (SSSR count). The summed E-state index contributed by atoms with van der Waals surface area (Å²) in [5.74, 6) is 1.43. The van der Waals surface area contributed by atoms with Crippen LogP contribution in [0, 0.1) is 0 Å². The van der Waals surface area contributed by atoms with E-state index in [9.17, 15) is 0 Å². The second kappa shape index (κ2) is 5.60. The lowest BCUT2D eigenvalue weighted by Gasteiger charge is -2.16. The fourth-order valence-electron chi connectivity index (χ4n) is 3.09. The molecule has 20 heavy (non-hydrogen) atoms. The molecule has 0 aliphatic heterocycles. The van der Waals surface area contributed by atoms with Crippen LogP contribution in [0.4, 0.5) is 5.69 Å². The van der Waals surface area contributed by atoms with Crippen molar-refractivity contribution in [1.82, 2.24) is 4.98 Å². The first-order valence-electron chi connectivity index (χ1n) is 7.09. The van der Waals surface area contributed by atoms with E-state index in [1.165, 1.54) is 31.4 Å². The molecule has 1 N–H and O–H groups in total. The van der Waals surface area contributed by atoms with Crippen LogP contribution in [0.1, 0.15) is 37.3 Å². The van der Waals surface area contributed by atoms with Crippen LogP contribution in [0.2, 0.25) is 0 Å². The summed E-state index contributed by atoms with van der Waals surface area (Å²) in [7, 11) is 3.66. The predicted octanol–water partition coefficient (Wildman–Crippen LogP) is 4.71. The Labute approximate surface area is 127 Å². The molecule has 1 saturated carbocycles. The Bertz CT molecular complexity index is 636. The van der Waals surface area contributed by atoms with E-state index in [0.29, 0.717) is 5.92 Å². The molecule has 0 unspecified atom stereocenters. The van der Waals surface area contributed by atoms with E-state index in [4.69, 9.17) is 9.72 Å². The number of anilines is 1. The van der Waals surface area contributed by atoms with Gasteiger partial charge in [0.15, 0.2) is 0 Å². The minimum atomic E-state index is 0.593.